The second-order valence-electron chi connectivity index (χ2n) is 4.51. The predicted molar refractivity (Wildman–Crippen MR) is 70.5 cm³/mol. The van der Waals surface area contributed by atoms with Gasteiger partial charge in [0.2, 0.25) is 0 Å². The van der Waals surface area contributed by atoms with Crippen LogP contribution in [0.2, 0.25) is 0 Å². The highest BCUT2D eigenvalue weighted by Crippen LogP contribution is 2.12. The molecular weight excluding hydrogens is 246 g/mol. The summed E-state index contributed by atoms with van der Waals surface area (Å²) in [6.45, 7) is 1.79. The molecule has 0 saturated carbocycles. The molecule has 5 heteroatoms. The molecule has 104 valence electrons. The molecule has 5 nitrogen and oxygen atoms in total. The van der Waals surface area contributed by atoms with Crippen LogP contribution in [0.5, 0.6) is 0 Å². The molecule has 19 heavy (non-hydrogen) atoms. The van der Waals surface area contributed by atoms with Crippen LogP contribution in [0, 0.1) is 0 Å². The van der Waals surface area contributed by atoms with E-state index in [-0.39, 0.29) is 12.5 Å². The molecule has 2 unspecified atom stereocenters. The van der Waals surface area contributed by atoms with Crippen molar-refractivity contribution >= 4 is 11.9 Å². The van der Waals surface area contributed by atoms with Crippen LogP contribution in [-0.2, 0) is 9.59 Å². The Kier molecular flexibility index (Phi) is 6.02. The molecule has 0 aromatic heterocycles. The largest absolute Gasteiger partial charge is 0.481 e. The van der Waals surface area contributed by atoms with Crippen molar-refractivity contribution in [1.82, 2.24) is 5.32 Å². The maximum Gasteiger partial charge on any atom is 0.303 e. The first-order chi connectivity index (χ1) is 9.00. The van der Waals surface area contributed by atoms with Crippen molar-refractivity contribution in [2.75, 3.05) is 0 Å². The number of nitrogens with one attached hydrogen (secondary N) is 1. The number of carboxylic acids is 1. The number of amides is 1. The fourth-order valence-corrected chi connectivity index (χ4v) is 1.74. The van der Waals surface area contributed by atoms with Crippen molar-refractivity contribution in [3.8, 4) is 0 Å². The Labute approximate surface area is 112 Å². The Hall–Kier alpha value is -1.88. The minimum atomic E-state index is -1.19. The number of hydrogen-bond donors (Lipinski definition) is 3. The average molecular weight is 265 g/mol. The van der Waals surface area contributed by atoms with Crippen molar-refractivity contribution in [1.29, 1.82) is 0 Å². The monoisotopic (exact) mass is 265 g/mol. The topological polar surface area (TPSA) is 86.6 Å². The van der Waals surface area contributed by atoms with Crippen LogP contribution in [0.15, 0.2) is 30.3 Å². The summed E-state index contributed by atoms with van der Waals surface area (Å²) >= 11 is 0. The van der Waals surface area contributed by atoms with Gasteiger partial charge >= 0.3 is 5.97 Å². The van der Waals surface area contributed by atoms with Gasteiger partial charge in [-0.15, -0.1) is 0 Å². The van der Waals surface area contributed by atoms with Crippen molar-refractivity contribution < 1.29 is 19.8 Å². The summed E-state index contributed by atoms with van der Waals surface area (Å²) in [6, 6.07) is 8.51. The first kappa shape index (κ1) is 15.2. The van der Waals surface area contributed by atoms with Crippen molar-refractivity contribution in [3.63, 3.8) is 0 Å². The zero-order chi connectivity index (χ0) is 14.3. The standard InChI is InChI=1S/C14H19NO4/c1-10(6-5-9-12(16)17)15-14(19)13(18)11-7-3-2-4-8-11/h2-4,7-8,10,13,18H,5-6,9H2,1H3,(H,15,19)(H,16,17). The summed E-state index contributed by atoms with van der Waals surface area (Å²) < 4.78 is 0. The molecule has 0 aliphatic rings. The van der Waals surface area contributed by atoms with Gasteiger partial charge in [-0.1, -0.05) is 30.3 Å². The summed E-state index contributed by atoms with van der Waals surface area (Å²) in [4.78, 5) is 22.1. The molecule has 1 rings (SSSR count). The number of benzene rings is 1. The lowest BCUT2D eigenvalue weighted by Gasteiger charge is -2.16. The van der Waals surface area contributed by atoms with E-state index in [9.17, 15) is 14.7 Å². The molecule has 0 aliphatic heterocycles. The van der Waals surface area contributed by atoms with E-state index < -0.39 is 18.0 Å². The average Bonchev–Trinajstić information content (AvgIpc) is 2.38. The van der Waals surface area contributed by atoms with Crippen LogP contribution in [0.1, 0.15) is 37.9 Å². The van der Waals surface area contributed by atoms with Gasteiger partial charge < -0.3 is 15.5 Å². The Morgan fingerprint density at radius 2 is 1.89 bits per heavy atom. The Bertz CT molecular complexity index is 419. The van der Waals surface area contributed by atoms with E-state index in [0.29, 0.717) is 18.4 Å². The van der Waals surface area contributed by atoms with Gasteiger partial charge in [0.25, 0.3) is 5.91 Å². The van der Waals surface area contributed by atoms with E-state index in [2.05, 4.69) is 5.32 Å². The second-order valence-corrected chi connectivity index (χ2v) is 4.51. The quantitative estimate of drug-likeness (QED) is 0.697. The normalized spacial score (nSPS) is 13.6. The molecule has 0 aliphatic carbocycles. The van der Waals surface area contributed by atoms with Gasteiger partial charge in [0.1, 0.15) is 0 Å². The smallest absolute Gasteiger partial charge is 0.303 e. The Morgan fingerprint density at radius 1 is 1.26 bits per heavy atom. The predicted octanol–water partition coefficient (Wildman–Crippen LogP) is 1.48. The lowest BCUT2D eigenvalue weighted by Crippen LogP contribution is -2.36. The van der Waals surface area contributed by atoms with Crippen molar-refractivity contribution in [2.24, 2.45) is 0 Å². The number of rotatable bonds is 7. The van der Waals surface area contributed by atoms with Gasteiger partial charge in [0, 0.05) is 12.5 Å². The molecule has 2 atom stereocenters. The van der Waals surface area contributed by atoms with Gasteiger partial charge in [0.15, 0.2) is 6.10 Å². The molecule has 0 bridgehead atoms. The lowest BCUT2D eigenvalue weighted by molar-refractivity contribution is -0.137. The van der Waals surface area contributed by atoms with Gasteiger partial charge in [-0.3, -0.25) is 9.59 Å². The maximum atomic E-state index is 11.8. The number of hydrogen-bond acceptors (Lipinski definition) is 3. The number of carbonyl (C=O) groups excluding carboxylic acids is 1. The highest BCUT2D eigenvalue weighted by Gasteiger charge is 2.18. The second kappa shape index (κ2) is 7.53. The third-order valence-electron chi connectivity index (χ3n) is 2.78. The van der Waals surface area contributed by atoms with Crippen LogP contribution in [0.4, 0.5) is 0 Å². The van der Waals surface area contributed by atoms with Gasteiger partial charge in [0.05, 0.1) is 0 Å². The molecular formula is C14H19NO4. The third kappa shape index (κ3) is 5.52. The van der Waals surface area contributed by atoms with E-state index in [1.165, 1.54) is 0 Å². The van der Waals surface area contributed by atoms with E-state index >= 15 is 0 Å². The summed E-state index contributed by atoms with van der Waals surface area (Å²) in [7, 11) is 0. The molecule has 1 aromatic rings. The van der Waals surface area contributed by atoms with Crippen LogP contribution in [-0.4, -0.2) is 28.1 Å². The molecule has 0 radical (unpaired) electrons. The fourth-order valence-electron chi connectivity index (χ4n) is 1.74. The molecule has 1 aromatic carbocycles. The summed E-state index contributed by atoms with van der Waals surface area (Å²) in [5.41, 5.74) is 0.540. The lowest BCUT2D eigenvalue weighted by atomic mass is 10.1. The highest BCUT2D eigenvalue weighted by atomic mass is 16.4. The van der Waals surface area contributed by atoms with E-state index in [1.807, 2.05) is 6.07 Å². The summed E-state index contributed by atoms with van der Waals surface area (Å²) in [6.07, 6.45) is -0.0396. The van der Waals surface area contributed by atoms with E-state index in [0.717, 1.165) is 0 Å². The number of carboxylic acid groups (broad SMARTS) is 1. The number of carbonyl (C=O) groups is 2. The maximum absolute atomic E-state index is 11.8. The first-order valence-electron chi connectivity index (χ1n) is 6.26. The van der Waals surface area contributed by atoms with Crippen LogP contribution in [0.3, 0.4) is 0 Å². The zero-order valence-electron chi connectivity index (χ0n) is 10.9. The minimum absolute atomic E-state index is 0.0848. The summed E-state index contributed by atoms with van der Waals surface area (Å²) in [5.74, 6) is -1.31. The molecule has 1 amide bonds. The van der Waals surface area contributed by atoms with Crippen LogP contribution >= 0.6 is 0 Å². The molecule has 3 N–H and O–H groups in total. The van der Waals surface area contributed by atoms with E-state index in [4.69, 9.17) is 5.11 Å². The zero-order valence-corrected chi connectivity index (χ0v) is 10.9. The number of aliphatic hydroxyl groups is 1. The van der Waals surface area contributed by atoms with Crippen LogP contribution in [0.25, 0.3) is 0 Å². The first-order valence-corrected chi connectivity index (χ1v) is 6.26. The fraction of sp³-hybridized carbons (Fsp3) is 0.429. The Balaban J connectivity index is 2.39. The van der Waals surface area contributed by atoms with Gasteiger partial charge in [-0.2, -0.15) is 0 Å². The highest BCUT2D eigenvalue weighted by molar-refractivity contribution is 5.82. The van der Waals surface area contributed by atoms with Gasteiger partial charge in [-0.05, 0) is 25.3 Å². The van der Waals surface area contributed by atoms with Gasteiger partial charge in [-0.25, -0.2) is 0 Å². The summed E-state index contributed by atoms with van der Waals surface area (Å²) in [5, 5.41) is 21.0. The minimum Gasteiger partial charge on any atom is -0.481 e. The SMILES string of the molecule is CC(CCCC(=O)O)NC(=O)C(O)c1ccccc1. The number of aliphatic hydroxyl groups excluding tert-OH is 1. The molecule has 0 fully saturated rings. The van der Waals surface area contributed by atoms with Crippen molar-refractivity contribution in [3.05, 3.63) is 35.9 Å². The van der Waals surface area contributed by atoms with Crippen LogP contribution < -0.4 is 5.32 Å². The van der Waals surface area contributed by atoms with Crippen molar-refractivity contribution in [2.45, 2.75) is 38.3 Å². The third-order valence-corrected chi connectivity index (χ3v) is 2.78. The Morgan fingerprint density at radius 3 is 2.47 bits per heavy atom. The molecule has 0 heterocycles. The molecule has 0 spiro atoms. The number of aliphatic carboxylic acids is 1. The van der Waals surface area contributed by atoms with E-state index in [1.54, 1.807) is 31.2 Å². The molecule has 0 saturated heterocycles.